The minimum atomic E-state index is -5.12. The molecule has 14 heteroatoms. The maximum Gasteiger partial charge on any atom is 0.573 e. The number of aromatic nitrogens is 4. The molecule has 2 aromatic carbocycles. The van der Waals surface area contributed by atoms with Crippen LogP contribution in [0.4, 0.5) is 23.2 Å². The predicted octanol–water partition coefficient (Wildman–Crippen LogP) is 5.37. The van der Waals surface area contributed by atoms with E-state index in [1.165, 1.54) is 16.5 Å². The van der Waals surface area contributed by atoms with Gasteiger partial charge in [0.05, 0.1) is 11.2 Å². The van der Waals surface area contributed by atoms with Gasteiger partial charge in [-0.3, -0.25) is 19.1 Å². The first kappa shape index (κ1) is 30.2. The van der Waals surface area contributed by atoms with Crippen LogP contribution in [0, 0.1) is 25.1 Å². The van der Waals surface area contributed by atoms with Crippen LogP contribution >= 0.6 is 0 Å². The number of halogens is 4. The highest BCUT2D eigenvalue weighted by Crippen LogP contribution is 2.59. The summed E-state index contributed by atoms with van der Waals surface area (Å²) in [7, 11) is 0. The van der Waals surface area contributed by atoms with E-state index in [-0.39, 0.29) is 35.9 Å². The number of alkyl halides is 3. The topological polar surface area (TPSA) is 119 Å². The van der Waals surface area contributed by atoms with Crippen molar-refractivity contribution >= 4 is 34.2 Å². The Hall–Kier alpha value is -4.88. The average molecular weight is 625 g/mol. The molecule has 6 rings (SSSR count). The van der Waals surface area contributed by atoms with Crippen LogP contribution in [0.25, 0.3) is 22.0 Å². The van der Waals surface area contributed by atoms with Crippen LogP contribution in [-0.2, 0) is 16.1 Å². The SMILES string of the molecule is CC(=O)c1nn(CC(=O)N2[C@H](C(=O)Nc3cccc(OC(F)(F)F)c3F)C[C@@]3(C)C[C@@H]23)c2c(C)cc(-c3cnc(C)nc3)cc12. The zero-order valence-electron chi connectivity index (χ0n) is 24.7. The number of aryl methyl sites for hydroxylation is 2. The number of likely N-dealkylation sites (tertiary alicyclic amines) is 1. The highest BCUT2D eigenvalue weighted by atomic mass is 19.4. The zero-order chi connectivity index (χ0) is 32.4. The van der Waals surface area contributed by atoms with Crippen molar-refractivity contribution in [3.8, 4) is 16.9 Å². The molecule has 1 aliphatic carbocycles. The molecule has 234 valence electrons. The fraction of sp³-hybridized carbons (Fsp3) is 0.355. The Morgan fingerprint density at radius 3 is 2.47 bits per heavy atom. The van der Waals surface area contributed by atoms with Crippen LogP contribution in [0.3, 0.4) is 0 Å². The molecule has 1 N–H and O–H groups in total. The number of amides is 2. The highest BCUT2D eigenvalue weighted by molar-refractivity contribution is 6.07. The second-order valence-electron chi connectivity index (χ2n) is 11.8. The van der Waals surface area contributed by atoms with Crippen LogP contribution in [-0.4, -0.2) is 60.7 Å². The second kappa shape index (κ2) is 10.6. The summed E-state index contributed by atoms with van der Waals surface area (Å²) in [4.78, 5) is 49.8. The third-order valence-corrected chi connectivity index (χ3v) is 8.44. The minimum Gasteiger partial charge on any atom is -0.403 e. The molecule has 0 bridgehead atoms. The number of rotatable bonds is 7. The van der Waals surface area contributed by atoms with Crippen molar-refractivity contribution < 1.29 is 36.7 Å². The van der Waals surface area contributed by atoms with Gasteiger partial charge in [-0.1, -0.05) is 13.0 Å². The van der Waals surface area contributed by atoms with Crippen LogP contribution in [0.15, 0.2) is 42.7 Å². The number of Topliss-reactive ketones (excluding diaryl/α,β-unsaturated/α-hetero) is 1. The van der Waals surface area contributed by atoms with Gasteiger partial charge in [-0.25, -0.2) is 14.4 Å². The number of carbonyl (C=O) groups is 3. The third kappa shape index (κ3) is 5.60. The third-order valence-electron chi connectivity index (χ3n) is 8.44. The number of fused-ring (bicyclic) bond motifs is 2. The summed E-state index contributed by atoms with van der Waals surface area (Å²) in [5, 5.41) is 7.37. The molecule has 1 saturated carbocycles. The van der Waals surface area contributed by atoms with Gasteiger partial charge in [-0.15, -0.1) is 13.2 Å². The first-order valence-electron chi connectivity index (χ1n) is 14.1. The van der Waals surface area contributed by atoms with Gasteiger partial charge in [0.1, 0.15) is 24.1 Å². The molecule has 2 aromatic heterocycles. The number of piperidine rings is 1. The zero-order valence-corrected chi connectivity index (χ0v) is 24.7. The predicted molar refractivity (Wildman–Crippen MR) is 154 cm³/mol. The fourth-order valence-corrected chi connectivity index (χ4v) is 6.21. The van der Waals surface area contributed by atoms with Crippen molar-refractivity contribution in [2.75, 3.05) is 5.32 Å². The molecule has 2 aliphatic rings. The largest absolute Gasteiger partial charge is 0.573 e. The van der Waals surface area contributed by atoms with Gasteiger partial charge in [0.15, 0.2) is 17.3 Å². The van der Waals surface area contributed by atoms with Crippen molar-refractivity contribution in [1.82, 2.24) is 24.6 Å². The summed E-state index contributed by atoms with van der Waals surface area (Å²) in [6.45, 7) is 6.64. The minimum absolute atomic E-state index is 0.180. The summed E-state index contributed by atoms with van der Waals surface area (Å²) in [6.07, 6.45) is -0.815. The normalized spacial score (nSPS) is 20.7. The van der Waals surface area contributed by atoms with Crippen LogP contribution in [0.5, 0.6) is 5.75 Å². The van der Waals surface area contributed by atoms with Crippen molar-refractivity contribution in [1.29, 1.82) is 0 Å². The summed E-state index contributed by atoms with van der Waals surface area (Å²) in [5.74, 6) is -3.34. The summed E-state index contributed by atoms with van der Waals surface area (Å²) in [5.41, 5.74) is 2.18. The molecule has 2 amide bonds. The van der Waals surface area contributed by atoms with Gasteiger partial charge in [-0.2, -0.15) is 5.10 Å². The summed E-state index contributed by atoms with van der Waals surface area (Å²) < 4.78 is 58.1. The smallest absolute Gasteiger partial charge is 0.403 e. The Balaban J connectivity index is 1.29. The van der Waals surface area contributed by atoms with E-state index in [0.717, 1.165) is 34.9 Å². The lowest BCUT2D eigenvalue weighted by atomic mass is 10.0. The number of carbonyl (C=O) groups excluding carboxylic acids is 3. The van der Waals surface area contributed by atoms with Crippen molar-refractivity contribution in [2.24, 2.45) is 5.41 Å². The molecule has 0 unspecified atom stereocenters. The lowest BCUT2D eigenvalue weighted by Crippen LogP contribution is -2.46. The van der Waals surface area contributed by atoms with E-state index in [2.05, 4.69) is 25.1 Å². The van der Waals surface area contributed by atoms with E-state index >= 15 is 0 Å². The summed E-state index contributed by atoms with van der Waals surface area (Å²) >= 11 is 0. The molecule has 3 heterocycles. The van der Waals surface area contributed by atoms with E-state index in [9.17, 15) is 31.9 Å². The Bertz CT molecular complexity index is 1870. The Morgan fingerprint density at radius 2 is 1.80 bits per heavy atom. The monoisotopic (exact) mass is 624 g/mol. The molecule has 10 nitrogen and oxygen atoms in total. The van der Waals surface area contributed by atoms with Gasteiger partial charge < -0.3 is 15.0 Å². The number of benzene rings is 2. The average Bonchev–Trinajstić information content (AvgIpc) is 3.31. The van der Waals surface area contributed by atoms with Crippen LogP contribution in [0.2, 0.25) is 0 Å². The lowest BCUT2D eigenvalue weighted by Gasteiger charge is -2.27. The van der Waals surface area contributed by atoms with Crippen LogP contribution in [0.1, 0.15) is 48.6 Å². The van der Waals surface area contributed by atoms with E-state index < -0.39 is 41.5 Å². The fourth-order valence-electron chi connectivity index (χ4n) is 6.21. The first-order valence-corrected chi connectivity index (χ1v) is 14.1. The van der Waals surface area contributed by atoms with E-state index in [0.29, 0.717) is 23.1 Å². The van der Waals surface area contributed by atoms with E-state index in [1.807, 2.05) is 19.9 Å². The Labute approximate surface area is 254 Å². The maximum atomic E-state index is 14.8. The van der Waals surface area contributed by atoms with Crippen LogP contribution < -0.4 is 10.1 Å². The number of anilines is 1. The molecule has 2 fully saturated rings. The Kier molecular flexibility index (Phi) is 7.13. The lowest BCUT2D eigenvalue weighted by molar-refractivity contribution is -0.275. The molecule has 4 aromatic rings. The second-order valence-corrected chi connectivity index (χ2v) is 11.8. The van der Waals surface area contributed by atoms with Crippen molar-refractivity contribution in [3.05, 3.63) is 65.6 Å². The number of hydrogen-bond acceptors (Lipinski definition) is 7. The molecular formula is C31H28F4N6O4. The Morgan fingerprint density at radius 1 is 1.09 bits per heavy atom. The van der Waals surface area contributed by atoms with Gasteiger partial charge >= 0.3 is 6.36 Å². The molecule has 45 heavy (non-hydrogen) atoms. The highest BCUT2D eigenvalue weighted by Gasteiger charge is 2.64. The molecule has 1 aliphatic heterocycles. The number of nitrogens with zero attached hydrogens (tertiary/aromatic N) is 5. The maximum absolute atomic E-state index is 14.8. The molecule has 0 radical (unpaired) electrons. The number of ketones is 1. The number of ether oxygens (including phenoxy) is 1. The van der Waals surface area contributed by atoms with Crippen molar-refractivity contribution in [3.63, 3.8) is 0 Å². The van der Waals surface area contributed by atoms with E-state index in [4.69, 9.17) is 0 Å². The standard InChI is InChI=1S/C31H28F4N6O4/c1-15-8-18(19-12-36-17(3)37-13-19)9-20-27(16(2)42)39-40(28(15)20)14-25(43)41-22(10-30(4)11-24(30)41)29(44)38-21-6-5-7-23(26(21)32)45-31(33,34)35/h5-9,12-13,22,24H,10-11,14H2,1-4H3,(H,38,44)/t22-,24+,30-/m0/s1. The molecule has 1 saturated heterocycles. The van der Waals surface area contributed by atoms with Gasteiger partial charge in [-0.05, 0) is 67.5 Å². The van der Waals surface area contributed by atoms with Gasteiger partial charge in [0, 0.05) is 36.3 Å². The molecular weight excluding hydrogens is 596 g/mol. The van der Waals surface area contributed by atoms with Gasteiger partial charge in [0.25, 0.3) is 0 Å². The molecule has 3 atom stereocenters. The van der Waals surface area contributed by atoms with E-state index in [1.54, 1.807) is 25.4 Å². The number of nitrogens with one attached hydrogen (secondary N) is 1. The first-order chi connectivity index (χ1) is 21.1. The number of hydrogen-bond donors (Lipinski definition) is 1. The van der Waals surface area contributed by atoms with Crippen molar-refractivity contribution in [2.45, 2.75) is 65.5 Å². The van der Waals surface area contributed by atoms with Gasteiger partial charge in [0.2, 0.25) is 11.8 Å². The summed E-state index contributed by atoms with van der Waals surface area (Å²) in [6, 6.07) is 5.45. The quantitative estimate of drug-likeness (QED) is 0.217. The molecule has 0 spiro atoms.